The molecule has 6 heteroatoms. The van der Waals surface area contributed by atoms with Crippen molar-refractivity contribution in [3.63, 3.8) is 0 Å². The van der Waals surface area contributed by atoms with Gasteiger partial charge in [-0.15, -0.1) is 5.10 Å². The number of aromatic hydroxyl groups is 1. The first-order valence-corrected chi connectivity index (χ1v) is 7.45. The molecule has 0 radical (unpaired) electrons. The second-order valence-corrected chi connectivity index (χ2v) is 5.94. The molecule has 0 saturated heterocycles. The maximum Gasteiger partial charge on any atom is 0.141 e. The van der Waals surface area contributed by atoms with Crippen LogP contribution in [0, 0.1) is 6.92 Å². The van der Waals surface area contributed by atoms with Gasteiger partial charge in [0.25, 0.3) is 0 Å². The van der Waals surface area contributed by atoms with Gasteiger partial charge in [0.2, 0.25) is 0 Å². The maximum atomic E-state index is 9.88. The van der Waals surface area contributed by atoms with Gasteiger partial charge in [0.05, 0.1) is 16.3 Å². The first-order valence-electron chi connectivity index (χ1n) is 6.67. The van der Waals surface area contributed by atoms with Crippen molar-refractivity contribution in [1.82, 2.24) is 19.5 Å². The van der Waals surface area contributed by atoms with Crippen LogP contribution in [0.2, 0.25) is 0 Å². The Kier molecular flexibility index (Phi) is 3.81. The topological polar surface area (TPSA) is 62.1 Å². The molecule has 1 aromatic carbocycles. The fraction of sp³-hybridized carbons (Fsp3) is 0.267. The number of pyridine rings is 1. The summed E-state index contributed by atoms with van der Waals surface area (Å²) in [7, 11) is 2.04. The highest BCUT2D eigenvalue weighted by Crippen LogP contribution is 2.23. The molecule has 0 spiro atoms. The van der Waals surface area contributed by atoms with E-state index in [0.717, 1.165) is 23.3 Å². The van der Waals surface area contributed by atoms with Crippen LogP contribution >= 0.6 is 11.5 Å². The maximum absolute atomic E-state index is 9.88. The normalized spacial score (nSPS) is 11.4. The van der Waals surface area contributed by atoms with Gasteiger partial charge >= 0.3 is 0 Å². The van der Waals surface area contributed by atoms with Gasteiger partial charge in [-0.2, -0.15) is 0 Å². The van der Waals surface area contributed by atoms with Crippen LogP contribution in [0.5, 0.6) is 5.75 Å². The number of nitrogens with zero attached hydrogens (tertiary/aromatic N) is 4. The van der Waals surface area contributed by atoms with Crippen molar-refractivity contribution in [2.75, 3.05) is 7.05 Å². The van der Waals surface area contributed by atoms with Crippen molar-refractivity contribution >= 4 is 22.4 Å². The number of para-hydroxylation sites is 1. The van der Waals surface area contributed by atoms with Crippen molar-refractivity contribution < 1.29 is 5.11 Å². The lowest BCUT2D eigenvalue weighted by atomic mass is 10.2. The van der Waals surface area contributed by atoms with Crippen LogP contribution in [0.4, 0.5) is 0 Å². The van der Waals surface area contributed by atoms with Gasteiger partial charge in [-0.3, -0.25) is 4.90 Å². The van der Waals surface area contributed by atoms with Gasteiger partial charge in [-0.1, -0.05) is 22.7 Å². The minimum Gasteiger partial charge on any atom is -0.506 e. The molecule has 108 valence electrons. The third-order valence-electron chi connectivity index (χ3n) is 3.35. The average molecular weight is 300 g/mol. The van der Waals surface area contributed by atoms with Crippen molar-refractivity contribution in [3.05, 3.63) is 46.6 Å². The molecule has 0 aliphatic heterocycles. The fourth-order valence-corrected chi connectivity index (χ4v) is 2.95. The molecular weight excluding hydrogens is 284 g/mol. The largest absolute Gasteiger partial charge is 0.506 e. The van der Waals surface area contributed by atoms with Crippen LogP contribution in [0.1, 0.15) is 16.3 Å². The summed E-state index contributed by atoms with van der Waals surface area (Å²) in [6, 6.07) is 9.42. The highest BCUT2D eigenvalue weighted by molar-refractivity contribution is 7.05. The molecule has 5 nitrogen and oxygen atoms in total. The van der Waals surface area contributed by atoms with E-state index in [1.807, 2.05) is 38.2 Å². The SMILES string of the molecule is Cc1nnsc1CN(C)Cc1ccc2cccc(O)c2n1. The number of fused-ring (bicyclic) bond motifs is 1. The summed E-state index contributed by atoms with van der Waals surface area (Å²) >= 11 is 1.43. The molecule has 3 aromatic rings. The molecule has 2 heterocycles. The lowest BCUT2D eigenvalue weighted by molar-refractivity contribution is 0.317. The molecule has 0 unspecified atom stereocenters. The summed E-state index contributed by atoms with van der Waals surface area (Å²) in [5.74, 6) is 0.222. The van der Waals surface area contributed by atoms with Gasteiger partial charge in [0.1, 0.15) is 11.3 Å². The molecule has 0 fully saturated rings. The first-order chi connectivity index (χ1) is 10.1. The summed E-state index contributed by atoms with van der Waals surface area (Å²) < 4.78 is 3.95. The Labute approximate surface area is 127 Å². The van der Waals surface area contributed by atoms with E-state index >= 15 is 0 Å². The summed E-state index contributed by atoms with van der Waals surface area (Å²) in [5, 5.41) is 14.9. The molecule has 0 bridgehead atoms. The molecule has 21 heavy (non-hydrogen) atoms. The Morgan fingerprint density at radius 1 is 1.19 bits per heavy atom. The first kappa shape index (κ1) is 13.9. The van der Waals surface area contributed by atoms with E-state index in [2.05, 4.69) is 19.5 Å². The zero-order chi connectivity index (χ0) is 14.8. The highest BCUT2D eigenvalue weighted by atomic mass is 32.1. The number of benzene rings is 1. The summed E-state index contributed by atoms with van der Waals surface area (Å²) in [4.78, 5) is 7.88. The van der Waals surface area contributed by atoms with Gasteiger partial charge in [0.15, 0.2) is 0 Å². The smallest absolute Gasteiger partial charge is 0.141 e. The van der Waals surface area contributed by atoms with E-state index in [-0.39, 0.29) is 5.75 Å². The zero-order valence-corrected chi connectivity index (χ0v) is 12.8. The van der Waals surface area contributed by atoms with Crippen molar-refractivity contribution in [1.29, 1.82) is 0 Å². The number of rotatable bonds is 4. The minimum atomic E-state index is 0.222. The lowest BCUT2D eigenvalue weighted by Gasteiger charge is -2.15. The van der Waals surface area contributed by atoms with E-state index in [1.165, 1.54) is 16.4 Å². The molecule has 3 rings (SSSR count). The number of aromatic nitrogens is 3. The Bertz CT molecular complexity index is 771. The van der Waals surface area contributed by atoms with Crippen LogP contribution in [-0.4, -0.2) is 31.6 Å². The molecule has 0 amide bonds. The fourth-order valence-electron chi connectivity index (χ4n) is 2.23. The average Bonchev–Trinajstić information content (AvgIpc) is 2.85. The van der Waals surface area contributed by atoms with E-state index in [0.29, 0.717) is 12.1 Å². The predicted octanol–water partition coefficient (Wildman–Crippen LogP) is 2.73. The van der Waals surface area contributed by atoms with E-state index < -0.39 is 0 Å². The molecule has 0 aliphatic rings. The zero-order valence-electron chi connectivity index (χ0n) is 11.9. The number of hydrogen-bond acceptors (Lipinski definition) is 6. The summed E-state index contributed by atoms with van der Waals surface area (Å²) in [6.45, 7) is 3.48. The lowest BCUT2D eigenvalue weighted by Crippen LogP contribution is -2.17. The molecule has 0 atom stereocenters. The quantitative estimate of drug-likeness (QED) is 0.802. The summed E-state index contributed by atoms with van der Waals surface area (Å²) in [6.07, 6.45) is 0. The van der Waals surface area contributed by atoms with Crippen LogP contribution in [-0.2, 0) is 13.1 Å². The van der Waals surface area contributed by atoms with Crippen molar-refractivity contribution in [2.45, 2.75) is 20.0 Å². The van der Waals surface area contributed by atoms with Gasteiger partial charge in [0, 0.05) is 18.5 Å². The van der Waals surface area contributed by atoms with E-state index in [1.54, 1.807) is 6.07 Å². The number of hydrogen-bond donors (Lipinski definition) is 1. The van der Waals surface area contributed by atoms with Crippen LogP contribution in [0.15, 0.2) is 30.3 Å². The van der Waals surface area contributed by atoms with Crippen molar-refractivity contribution in [3.8, 4) is 5.75 Å². The molecule has 0 saturated carbocycles. The third-order valence-corrected chi connectivity index (χ3v) is 4.16. The van der Waals surface area contributed by atoms with Gasteiger partial charge in [-0.25, -0.2) is 4.98 Å². The van der Waals surface area contributed by atoms with Gasteiger partial charge < -0.3 is 5.11 Å². The Balaban J connectivity index is 1.78. The van der Waals surface area contributed by atoms with Crippen molar-refractivity contribution in [2.24, 2.45) is 0 Å². The Morgan fingerprint density at radius 3 is 2.81 bits per heavy atom. The number of phenolic OH excluding ortho intramolecular Hbond substituents is 1. The monoisotopic (exact) mass is 300 g/mol. The standard InChI is InChI=1S/C15H16N4OS/c1-10-14(21-18-17-10)9-19(2)8-12-7-6-11-4-3-5-13(20)15(11)16-12/h3-7,20H,8-9H2,1-2H3. The minimum absolute atomic E-state index is 0.222. The number of phenols is 1. The summed E-state index contributed by atoms with van der Waals surface area (Å²) in [5.41, 5.74) is 2.57. The predicted molar refractivity (Wildman–Crippen MR) is 83.2 cm³/mol. The van der Waals surface area contributed by atoms with E-state index in [4.69, 9.17) is 0 Å². The molecule has 0 aliphatic carbocycles. The van der Waals surface area contributed by atoms with Crippen LogP contribution in [0.25, 0.3) is 10.9 Å². The molecular formula is C15H16N4OS. The van der Waals surface area contributed by atoms with E-state index in [9.17, 15) is 5.11 Å². The van der Waals surface area contributed by atoms with Crippen LogP contribution < -0.4 is 0 Å². The third kappa shape index (κ3) is 3.01. The Morgan fingerprint density at radius 2 is 2.05 bits per heavy atom. The molecule has 2 aromatic heterocycles. The second kappa shape index (κ2) is 5.75. The van der Waals surface area contributed by atoms with Gasteiger partial charge in [-0.05, 0) is 37.6 Å². The molecule has 1 N–H and O–H groups in total. The van der Waals surface area contributed by atoms with Crippen LogP contribution in [0.3, 0.4) is 0 Å². The highest BCUT2D eigenvalue weighted by Gasteiger charge is 2.09. The number of aryl methyl sites for hydroxylation is 1. The Hall–Kier alpha value is -2.05. The second-order valence-electron chi connectivity index (χ2n) is 5.11.